The lowest BCUT2D eigenvalue weighted by atomic mass is 10.2. The summed E-state index contributed by atoms with van der Waals surface area (Å²) >= 11 is 6.79. The van der Waals surface area contributed by atoms with Crippen LogP contribution in [0.15, 0.2) is 33.3 Å². The largest absolute Gasteiger partial charge is 0.479 e. The molecule has 0 aliphatic carbocycles. The van der Waals surface area contributed by atoms with Gasteiger partial charge in [0, 0.05) is 16.1 Å². The molecule has 2 rings (SSSR count). The molecule has 0 spiro atoms. The SMILES string of the molecule is C[C@H](Oc1c(Br)cc(Br)c2cccnc12)C(=O)O. The third-order valence-electron chi connectivity index (χ3n) is 2.39. The first-order valence-electron chi connectivity index (χ1n) is 5.13. The van der Waals surface area contributed by atoms with Crippen LogP contribution in [0.2, 0.25) is 0 Å². The fourth-order valence-corrected chi connectivity index (χ4v) is 2.85. The van der Waals surface area contributed by atoms with Gasteiger partial charge in [0.05, 0.1) is 4.47 Å². The molecule has 18 heavy (non-hydrogen) atoms. The molecule has 0 fully saturated rings. The number of ether oxygens (including phenoxy) is 1. The molecule has 1 aromatic carbocycles. The predicted octanol–water partition coefficient (Wildman–Crippen LogP) is 3.61. The van der Waals surface area contributed by atoms with Crippen LogP contribution in [-0.4, -0.2) is 22.2 Å². The molecule has 0 aliphatic rings. The van der Waals surface area contributed by atoms with Crippen LogP contribution in [0.4, 0.5) is 0 Å². The highest BCUT2D eigenvalue weighted by atomic mass is 79.9. The Morgan fingerprint density at radius 1 is 1.44 bits per heavy atom. The Morgan fingerprint density at radius 2 is 2.17 bits per heavy atom. The Hall–Kier alpha value is -1.14. The number of fused-ring (bicyclic) bond motifs is 1. The lowest BCUT2D eigenvalue weighted by Crippen LogP contribution is -2.23. The van der Waals surface area contributed by atoms with E-state index in [2.05, 4.69) is 36.8 Å². The summed E-state index contributed by atoms with van der Waals surface area (Å²) in [6.45, 7) is 1.48. The van der Waals surface area contributed by atoms with Crippen LogP contribution in [0.1, 0.15) is 6.92 Å². The van der Waals surface area contributed by atoms with Crippen LogP contribution in [-0.2, 0) is 4.79 Å². The van der Waals surface area contributed by atoms with Gasteiger partial charge in [-0.25, -0.2) is 4.79 Å². The highest BCUT2D eigenvalue weighted by Crippen LogP contribution is 2.37. The number of aliphatic carboxylic acids is 1. The topological polar surface area (TPSA) is 59.4 Å². The molecule has 0 saturated carbocycles. The van der Waals surface area contributed by atoms with Gasteiger partial charge in [0.15, 0.2) is 11.9 Å². The van der Waals surface area contributed by atoms with E-state index >= 15 is 0 Å². The molecule has 94 valence electrons. The maximum Gasteiger partial charge on any atom is 0.344 e. The highest BCUT2D eigenvalue weighted by Gasteiger charge is 2.18. The zero-order valence-electron chi connectivity index (χ0n) is 9.35. The van der Waals surface area contributed by atoms with Crippen LogP contribution in [0, 0.1) is 0 Å². The number of benzene rings is 1. The first-order chi connectivity index (χ1) is 8.50. The standard InChI is InChI=1S/C12H9Br2NO3/c1-6(12(16)17)18-11-9(14)5-8(13)7-3-2-4-15-10(7)11/h2-6H,1H3,(H,16,17)/t6-/m0/s1. The molecule has 0 unspecified atom stereocenters. The maximum absolute atomic E-state index is 10.8. The fraction of sp³-hybridized carbons (Fsp3) is 0.167. The van der Waals surface area contributed by atoms with Crippen molar-refractivity contribution < 1.29 is 14.6 Å². The number of carbonyl (C=O) groups is 1. The number of rotatable bonds is 3. The van der Waals surface area contributed by atoms with Gasteiger partial charge in [-0.3, -0.25) is 4.98 Å². The minimum atomic E-state index is -1.02. The zero-order valence-corrected chi connectivity index (χ0v) is 12.5. The van der Waals surface area contributed by atoms with E-state index in [0.717, 1.165) is 9.86 Å². The van der Waals surface area contributed by atoms with Gasteiger partial charge < -0.3 is 9.84 Å². The van der Waals surface area contributed by atoms with E-state index in [-0.39, 0.29) is 0 Å². The Labute approximate surface area is 120 Å². The monoisotopic (exact) mass is 373 g/mol. The van der Waals surface area contributed by atoms with Crippen molar-refractivity contribution in [3.05, 3.63) is 33.3 Å². The molecule has 1 atom stereocenters. The number of carboxylic acids is 1. The minimum absolute atomic E-state index is 0.434. The van der Waals surface area contributed by atoms with Crippen molar-refractivity contribution in [3.8, 4) is 5.75 Å². The third-order valence-corrected chi connectivity index (χ3v) is 3.64. The van der Waals surface area contributed by atoms with Crippen LogP contribution in [0.3, 0.4) is 0 Å². The van der Waals surface area contributed by atoms with E-state index in [4.69, 9.17) is 9.84 Å². The molecule has 2 aromatic rings. The van der Waals surface area contributed by atoms with Gasteiger partial charge in [-0.15, -0.1) is 0 Å². The first-order valence-corrected chi connectivity index (χ1v) is 6.71. The summed E-state index contributed by atoms with van der Waals surface area (Å²) in [6.07, 6.45) is 0.701. The summed E-state index contributed by atoms with van der Waals surface area (Å²) < 4.78 is 6.97. The lowest BCUT2D eigenvalue weighted by molar-refractivity contribution is -0.144. The van der Waals surface area contributed by atoms with Crippen molar-refractivity contribution in [3.63, 3.8) is 0 Å². The van der Waals surface area contributed by atoms with E-state index in [1.54, 1.807) is 6.20 Å². The van der Waals surface area contributed by atoms with Crippen LogP contribution in [0.5, 0.6) is 5.75 Å². The Bertz CT molecular complexity index is 616. The van der Waals surface area contributed by atoms with E-state index in [1.165, 1.54) is 6.92 Å². The number of hydrogen-bond acceptors (Lipinski definition) is 3. The molecule has 0 bridgehead atoms. The third kappa shape index (κ3) is 2.49. The van der Waals surface area contributed by atoms with Crippen LogP contribution < -0.4 is 4.74 Å². The Kier molecular flexibility index (Phi) is 3.87. The van der Waals surface area contributed by atoms with Crippen molar-refractivity contribution in [2.24, 2.45) is 0 Å². The van der Waals surface area contributed by atoms with Crippen molar-refractivity contribution in [1.82, 2.24) is 4.98 Å². The number of aromatic nitrogens is 1. The van der Waals surface area contributed by atoms with Gasteiger partial charge in [-0.05, 0) is 35.0 Å². The summed E-state index contributed by atoms with van der Waals surface area (Å²) in [5, 5.41) is 9.76. The number of nitrogens with zero attached hydrogens (tertiary/aromatic N) is 1. The van der Waals surface area contributed by atoms with Gasteiger partial charge in [-0.2, -0.15) is 0 Å². The van der Waals surface area contributed by atoms with Crippen molar-refractivity contribution in [1.29, 1.82) is 0 Å². The van der Waals surface area contributed by atoms with Gasteiger partial charge in [-0.1, -0.05) is 22.0 Å². The first kappa shape index (κ1) is 13.3. The van der Waals surface area contributed by atoms with E-state index in [9.17, 15) is 4.79 Å². The van der Waals surface area contributed by atoms with E-state index in [0.29, 0.717) is 15.7 Å². The summed E-state index contributed by atoms with van der Waals surface area (Å²) in [6, 6.07) is 5.51. The normalized spacial score (nSPS) is 12.4. The summed E-state index contributed by atoms with van der Waals surface area (Å²) in [5.41, 5.74) is 0.617. The second kappa shape index (κ2) is 5.24. The smallest absolute Gasteiger partial charge is 0.344 e. The van der Waals surface area contributed by atoms with Crippen LogP contribution in [0.25, 0.3) is 10.9 Å². The van der Waals surface area contributed by atoms with E-state index < -0.39 is 12.1 Å². The zero-order chi connectivity index (χ0) is 13.3. The lowest BCUT2D eigenvalue weighted by Gasteiger charge is -2.14. The average molecular weight is 375 g/mol. The minimum Gasteiger partial charge on any atom is -0.479 e. The quantitative estimate of drug-likeness (QED) is 0.891. The average Bonchev–Trinajstić information content (AvgIpc) is 2.34. The van der Waals surface area contributed by atoms with Gasteiger partial charge in [0.2, 0.25) is 0 Å². The Morgan fingerprint density at radius 3 is 2.83 bits per heavy atom. The highest BCUT2D eigenvalue weighted by molar-refractivity contribution is 9.11. The number of halogens is 2. The molecular formula is C12H9Br2NO3. The maximum atomic E-state index is 10.8. The molecule has 0 radical (unpaired) electrons. The molecule has 1 N–H and O–H groups in total. The Balaban J connectivity index is 2.59. The number of hydrogen-bond donors (Lipinski definition) is 1. The van der Waals surface area contributed by atoms with Gasteiger partial charge >= 0.3 is 5.97 Å². The number of pyridine rings is 1. The van der Waals surface area contributed by atoms with Crippen molar-refractivity contribution in [2.45, 2.75) is 13.0 Å². The molecule has 4 nitrogen and oxygen atoms in total. The second-order valence-electron chi connectivity index (χ2n) is 3.67. The molecule has 0 amide bonds. The summed E-state index contributed by atoms with van der Waals surface area (Å²) in [5.74, 6) is -0.586. The molecular weight excluding hydrogens is 366 g/mol. The van der Waals surface area contributed by atoms with Crippen LogP contribution >= 0.6 is 31.9 Å². The summed E-state index contributed by atoms with van der Waals surface area (Å²) in [4.78, 5) is 15.1. The molecule has 0 aliphatic heterocycles. The van der Waals surface area contributed by atoms with E-state index in [1.807, 2.05) is 18.2 Å². The summed E-state index contributed by atoms with van der Waals surface area (Å²) in [7, 11) is 0. The van der Waals surface area contributed by atoms with Crippen molar-refractivity contribution in [2.75, 3.05) is 0 Å². The molecule has 6 heteroatoms. The molecule has 1 aromatic heterocycles. The molecule has 0 saturated heterocycles. The number of carboxylic acid groups (broad SMARTS) is 1. The predicted molar refractivity (Wildman–Crippen MR) is 74.9 cm³/mol. The van der Waals surface area contributed by atoms with Gasteiger partial charge in [0.25, 0.3) is 0 Å². The molecule has 1 heterocycles. The van der Waals surface area contributed by atoms with Gasteiger partial charge in [0.1, 0.15) is 5.52 Å². The van der Waals surface area contributed by atoms with Crippen molar-refractivity contribution >= 4 is 48.7 Å². The fourth-order valence-electron chi connectivity index (χ4n) is 1.49. The second-order valence-corrected chi connectivity index (χ2v) is 5.38.